The van der Waals surface area contributed by atoms with Crippen molar-refractivity contribution >= 4 is 11.6 Å². The molecule has 0 bridgehead atoms. The number of hydrogen-bond acceptors (Lipinski definition) is 3. The van der Waals surface area contributed by atoms with Gasteiger partial charge in [0.25, 0.3) is 5.91 Å². The van der Waals surface area contributed by atoms with Crippen LogP contribution in [0.1, 0.15) is 28.9 Å². The van der Waals surface area contributed by atoms with E-state index in [1.54, 1.807) is 24.0 Å². The Labute approximate surface area is 118 Å². The van der Waals surface area contributed by atoms with Crippen molar-refractivity contribution in [2.45, 2.75) is 25.4 Å². The summed E-state index contributed by atoms with van der Waals surface area (Å²) >= 11 is 0. The normalized spacial score (nSPS) is 14.2. The van der Waals surface area contributed by atoms with Crippen molar-refractivity contribution in [1.82, 2.24) is 14.7 Å². The Morgan fingerprint density at radius 1 is 1.40 bits per heavy atom. The average molecular weight is 270 g/mol. The third-order valence-corrected chi connectivity index (χ3v) is 3.68. The lowest BCUT2D eigenvalue weighted by atomic mass is 10.1. The third-order valence-electron chi connectivity index (χ3n) is 3.68. The van der Waals surface area contributed by atoms with Gasteiger partial charge in [-0.25, -0.2) is 0 Å². The van der Waals surface area contributed by atoms with Gasteiger partial charge in [-0.05, 0) is 30.5 Å². The number of para-hydroxylation sites is 1. The Balaban J connectivity index is 1.85. The molecular weight excluding hydrogens is 252 g/mol. The van der Waals surface area contributed by atoms with Crippen molar-refractivity contribution in [2.24, 2.45) is 7.05 Å². The molecule has 0 radical (unpaired) electrons. The summed E-state index contributed by atoms with van der Waals surface area (Å²) in [6, 6.07) is 9.79. The molecule has 0 atom stereocenters. The zero-order valence-corrected chi connectivity index (χ0v) is 11.5. The molecule has 3 rings (SSSR count). The van der Waals surface area contributed by atoms with E-state index in [1.165, 1.54) is 0 Å². The number of nitrogen functional groups attached to an aromatic ring is 1. The van der Waals surface area contributed by atoms with Crippen LogP contribution in [0, 0.1) is 0 Å². The molecule has 2 aromatic rings. The number of anilines is 1. The second-order valence-corrected chi connectivity index (χ2v) is 5.20. The van der Waals surface area contributed by atoms with Crippen LogP contribution in [0.5, 0.6) is 0 Å². The Bertz CT molecular complexity index is 630. The van der Waals surface area contributed by atoms with E-state index in [0.717, 1.165) is 24.1 Å². The highest BCUT2D eigenvalue weighted by Crippen LogP contribution is 2.30. The highest BCUT2D eigenvalue weighted by molar-refractivity contribution is 5.93. The minimum Gasteiger partial charge on any atom is -0.398 e. The summed E-state index contributed by atoms with van der Waals surface area (Å²) in [6.45, 7) is 0.557. The zero-order chi connectivity index (χ0) is 14.1. The molecule has 0 spiro atoms. The summed E-state index contributed by atoms with van der Waals surface area (Å²) in [5.74, 6) is 0.0238. The number of carbonyl (C=O) groups is 1. The maximum absolute atomic E-state index is 12.6. The van der Waals surface area contributed by atoms with Crippen molar-refractivity contribution in [2.75, 3.05) is 5.73 Å². The Hall–Kier alpha value is -2.30. The summed E-state index contributed by atoms with van der Waals surface area (Å²) in [5, 5.41) is 4.07. The van der Waals surface area contributed by atoms with Gasteiger partial charge in [0.2, 0.25) is 0 Å². The molecule has 0 unspecified atom stereocenters. The van der Waals surface area contributed by atoms with Crippen molar-refractivity contribution < 1.29 is 4.79 Å². The van der Waals surface area contributed by atoms with Gasteiger partial charge in [0.1, 0.15) is 5.69 Å². The van der Waals surface area contributed by atoms with Gasteiger partial charge in [0.05, 0.1) is 0 Å². The molecule has 1 fully saturated rings. The van der Waals surface area contributed by atoms with Gasteiger partial charge in [0, 0.05) is 31.5 Å². The van der Waals surface area contributed by atoms with Crippen LogP contribution in [0.3, 0.4) is 0 Å². The molecule has 5 heteroatoms. The molecule has 0 aliphatic heterocycles. The lowest BCUT2D eigenvalue weighted by Crippen LogP contribution is -2.34. The molecule has 104 valence electrons. The first kappa shape index (κ1) is 12.7. The van der Waals surface area contributed by atoms with E-state index in [-0.39, 0.29) is 5.91 Å². The molecule has 1 amide bonds. The molecule has 20 heavy (non-hydrogen) atoms. The van der Waals surface area contributed by atoms with Gasteiger partial charge < -0.3 is 10.6 Å². The van der Waals surface area contributed by atoms with Crippen LogP contribution in [0.15, 0.2) is 36.5 Å². The molecule has 1 aromatic heterocycles. The predicted molar refractivity (Wildman–Crippen MR) is 77.0 cm³/mol. The summed E-state index contributed by atoms with van der Waals surface area (Å²) in [6.07, 6.45) is 3.78. The molecule has 1 saturated carbocycles. The number of benzene rings is 1. The Morgan fingerprint density at radius 3 is 2.75 bits per heavy atom. The van der Waals surface area contributed by atoms with Crippen molar-refractivity contribution in [1.29, 1.82) is 0 Å². The molecule has 1 aliphatic rings. The summed E-state index contributed by atoms with van der Waals surface area (Å²) in [7, 11) is 1.79. The number of aromatic nitrogens is 2. The number of hydrogen-bond donors (Lipinski definition) is 1. The number of amides is 1. The van der Waals surface area contributed by atoms with Crippen molar-refractivity contribution in [3.8, 4) is 0 Å². The molecule has 1 heterocycles. The van der Waals surface area contributed by atoms with E-state index in [2.05, 4.69) is 5.10 Å². The minimum absolute atomic E-state index is 0.0238. The highest BCUT2D eigenvalue weighted by Gasteiger charge is 2.34. The fourth-order valence-electron chi connectivity index (χ4n) is 2.35. The number of nitrogens with zero attached hydrogens (tertiary/aromatic N) is 3. The van der Waals surface area contributed by atoms with E-state index < -0.39 is 0 Å². The number of rotatable bonds is 4. The van der Waals surface area contributed by atoms with Gasteiger partial charge in [-0.2, -0.15) is 5.10 Å². The van der Waals surface area contributed by atoms with Crippen LogP contribution in [-0.4, -0.2) is 26.6 Å². The number of carbonyl (C=O) groups excluding carboxylic acids is 1. The monoisotopic (exact) mass is 270 g/mol. The van der Waals surface area contributed by atoms with Crippen LogP contribution in [-0.2, 0) is 13.6 Å². The molecule has 0 saturated heterocycles. The first-order valence-corrected chi connectivity index (χ1v) is 6.79. The number of nitrogens with two attached hydrogens (primary N) is 1. The average Bonchev–Trinajstić information content (AvgIpc) is 3.19. The third kappa shape index (κ3) is 2.39. The molecule has 5 nitrogen and oxygen atoms in total. The fraction of sp³-hybridized carbons (Fsp3) is 0.333. The summed E-state index contributed by atoms with van der Waals surface area (Å²) in [4.78, 5) is 14.6. The van der Waals surface area contributed by atoms with Crippen molar-refractivity contribution in [3.05, 3.63) is 47.8 Å². The van der Waals surface area contributed by atoms with Crippen LogP contribution < -0.4 is 5.73 Å². The van der Waals surface area contributed by atoms with Crippen LogP contribution >= 0.6 is 0 Å². The van der Waals surface area contributed by atoms with E-state index >= 15 is 0 Å². The first-order chi connectivity index (χ1) is 9.66. The van der Waals surface area contributed by atoms with Crippen molar-refractivity contribution in [3.63, 3.8) is 0 Å². The van der Waals surface area contributed by atoms with Gasteiger partial charge in [-0.3, -0.25) is 9.48 Å². The largest absolute Gasteiger partial charge is 0.398 e. The molecule has 1 aliphatic carbocycles. The van der Waals surface area contributed by atoms with E-state index in [1.807, 2.05) is 29.2 Å². The number of aryl methyl sites for hydroxylation is 1. The topological polar surface area (TPSA) is 64.2 Å². The summed E-state index contributed by atoms with van der Waals surface area (Å²) in [5.41, 5.74) is 8.33. The first-order valence-electron chi connectivity index (χ1n) is 6.79. The van der Waals surface area contributed by atoms with Crippen LogP contribution in [0.2, 0.25) is 0 Å². The smallest absolute Gasteiger partial charge is 0.272 e. The molecule has 1 aromatic carbocycles. The van der Waals surface area contributed by atoms with Gasteiger partial charge in [-0.15, -0.1) is 0 Å². The highest BCUT2D eigenvalue weighted by atomic mass is 16.2. The van der Waals surface area contributed by atoms with E-state index in [4.69, 9.17) is 5.73 Å². The second-order valence-electron chi connectivity index (χ2n) is 5.20. The van der Waals surface area contributed by atoms with Gasteiger partial charge in [-0.1, -0.05) is 18.2 Å². The lowest BCUT2D eigenvalue weighted by molar-refractivity contribution is 0.0719. The van der Waals surface area contributed by atoms with Gasteiger partial charge in [0.15, 0.2) is 0 Å². The Kier molecular flexibility index (Phi) is 3.18. The standard InChI is InChI=1S/C15H18N4O/c1-18-14(8-9-17-18)15(20)19(12-6-7-12)10-11-4-2-3-5-13(11)16/h2-5,8-9,12H,6-7,10,16H2,1H3. The summed E-state index contributed by atoms with van der Waals surface area (Å²) < 4.78 is 1.62. The predicted octanol–water partition coefficient (Wildman–Crippen LogP) is 1.81. The van der Waals surface area contributed by atoms with E-state index in [0.29, 0.717) is 18.3 Å². The van der Waals surface area contributed by atoms with Crippen LogP contribution in [0.4, 0.5) is 5.69 Å². The maximum atomic E-state index is 12.6. The zero-order valence-electron chi connectivity index (χ0n) is 11.5. The quantitative estimate of drug-likeness (QED) is 0.862. The fourth-order valence-corrected chi connectivity index (χ4v) is 2.35. The SMILES string of the molecule is Cn1nccc1C(=O)N(Cc1ccccc1N)C1CC1. The van der Waals surface area contributed by atoms with E-state index in [9.17, 15) is 4.79 Å². The minimum atomic E-state index is 0.0238. The second kappa shape index (κ2) is 5.00. The lowest BCUT2D eigenvalue weighted by Gasteiger charge is -2.23. The van der Waals surface area contributed by atoms with Gasteiger partial charge >= 0.3 is 0 Å². The molecule has 2 N–H and O–H groups in total. The Morgan fingerprint density at radius 2 is 2.15 bits per heavy atom. The van der Waals surface area contributed by atoms with Crippen LogP contribution in [0.25, 0.3) is 0 Å². The maximum Gasteiger partial charge on any atom is 0.272 e. The molecular formula is C15H18N4O.